The lowest BCUT2D eigenvalue weighted by atomic mass is 9.95. The first-order chi connectivity index (χ1) is 20.2. The zero-order chi connectivity index (χ0) is 32.9. The van der Waals surface area contributed by atoms with Crippen molar-refractivity contribution < 1.29 is 40.7 Å². The van der Waals surface area contributed by atoms with Crippen LogP contribution in [-0.2, 0) is 15.8 Å². The third-order valence-corrected chi connectivity index (χ3v) is 8.00. The number of halogens is 9. The van der Waals surface area contributed by atoms with Gasteiger partial charge in [-0.25, -0.2) is 13.2 Å². The van der Waals surface area contributed by atoms with E-state index >= 15 is 4.39 Å². The molecule has 3 aromatic carbocycles. The molecule has 15 heteroatoms. The molecule has 1 saturated carbocycles. The maximum absolute atomic E-state index is 15.1. The van der Waals surface area contributed by atoms with E-state index in [0.717, 1.165) is 24.3 Å². The number of benzene rings is 3. The Bertz CT molecular complexity index is 1670. The molecule has 0 saturated heterocycles. The highest BCUT2D eigenvalue weighted by Gasteiger charge is 2.67. The van der Waals surface area contributed by atoms with Crippen LogP contribution in [0.25, 0.3) is 0 Å². The Kier molecular flexibility index (Phi) is 8.95. The van der Waals surface area contributed by atoms with Gasteiger partial charge in [-0.2, -0.15) is 13.2 Å². The Morgan fingerprint density at radius 1 is 0.841 bits per heavy atom. The lowest BCUT2D eigenvalue weighted by Gasteiger charge is -2.19. The molecule has 0 unspecified atom stereocenters. The third kappa shape index (κ3) is 6.77. The molecule has 4 rings (SSSR count). The number of carbonyl (C=O) groups excluding carboxylic acids is 3. The molecule has 0 bridgehead atoms. The summed E-state index contributed by atoms with van der Waals surface area (Å²) < 4.78 is 80.9. The van der Waals surface area contributed by atoms with Crippen molar-refractivity contribution in [1.82, 2.24) is 0 Å². The van der Waals surface area contributed by atoms with Crippen molar-refractivity contribution in [3.63, 3.8) is 0 Å². The standard InChI is InChI=1S/C29H22Cl3F6N3O3/c1-27(2,3)26(44)41-23-18(34)8-9-19(22(23)35)40-24(42)14-11-13(5-6-16(14)30)39-25(43)21-20(28(21,31)32)12-4-7-17(33)15(10-12)29(36,37)38/h4-11,20-21H,1-3H3,(H,39,43)(H,40,42)(H,41,44)/t20-,21+/m0/s1. The summed E-state index contributed by atoms with van der Waals surface area (Å²) in [6, 6.07) is 7.61. The molecular weight excluding hydrogens is 659 g/mol. The summed E-state index contributed by atoms with van der Waals surface area (Å²) in [5, 5.41) is 6.72. The number of alkyl halides is 5. The Hall–Kier alpha value is -3.48. The molecule has 0 radical (unpaired) electrons. The molecule has 3 amide bonds. The molecule has 0 aromatic heterocycles. The first-order valence-corrected chi connectivity index (χ1v) is 13.8. The monoisotopic (exact) mass is 679 g/mol. The third-order valence-electron chi connectivity index (χ3n) is 6.73. The van der Waals surface area contributed by atoms with Crippen molar-refractivity contribution in [1.29, 1.82) is 0 Å². The SMILES string of the molecule is CC(C)(C)C(=O)Nc1c(F)ccc(NC(=O)c2cc(NC(=O)[C@H]3[C@H](c4ccc(F)c(C(F)(F)F)c4)C3(Cl)Cl)ccc2Cl)c1F. The van der Waals surface area contributed by atoms with Crippen molar-refractivity contribution in [3.8, 4) is 0 Å². The van der Waals surface area contributed by atoms with E-state index in [9.17, 15) is 36.3 Å². The summed E-state index contributed by atoms with van der Waals surface area (Å²) in [6.45, 7) is 4.61. The number of anilines is 3. The van der Waals surface area contributed by atoms with Gasteiger partial charge in [-0.3, -0.25) is 14.4 Å². The number of carbonyl (C=O) groups is 3. The molecule has 1 aliphatic carbocycles. The molecule has 44 heavy (non-hydrogen) atoms. The maximum atomic E-state index is 15.1. The van der Waals surface area contributed by atoms with Crippen molar-refractivity contribution in [2.24, 2.45) is 11.3 Å². The zero-order valence-corrected chi connectivity index (χ0v) is 25.2. The summed E-state index contributed by atoms with van der Waals surface area (Å²) in [4.78, 5) is 38.3. The van der Waals surface area contributed by atoms with E-state index in [1.165, 1.54) is 32.9 Å². The van der Waals surface area contributed by atoms with Gasteiger partial charge in [0, 0.05) is 17.0 Å². The Balaban J connectivity index is 1.53. The fourth-order valence-corrected chi connectivity index (χ4v) is 5.30. The molecular formula is C29H22Cl3F6N3O3. The highest BCUT2D eigenvalue weighted by Crippen LogP contribution is 2.65. The maximum Gasteiger partial charge on any atom is 0.419 e. The smallest absolute Gasteiger partial charge is 0.326 e. The van der Waals surface area contributed by atoms with Crippen LogP contribution >= 0.6 is 34.8 Å². The van der Waals surface area contributed by atoms with Crippen molar-refractivity contribution in [2.45, 2.75) is 37.2 Å². The van der Waals surface area contributed by atoms with Crippen LogP contribution in [0.4, 0.5) is 43.4 Å². The van der Waals surface area contributed by atoms with Crippen LogP contribution in [0.3, 0.4) is 0 Å². The molecule has 1 aliphatic rings. The predicted molar refractivity (Wildman–Crippen MR) is 155 cm³/mol. The molecule has 6 nitrogen and oxygen atoms in total. The highest BCUT2D eigenvalue weighted by molar-refractivity contribution is 6.53. The molecule has 0 heterocycles. The van der Waals surface area contributed by atoms with Gasteiger partial charge in [0.05, 0.1) is 27.8 Å². The van der Waals surface area contributed by atoms with Gasteiger partial charge < -0.3 is 16.0 Å². The van der Waals surface area contributed by atoms with E-state index in [-0.39, 0.29) is 21.8 Å². The molecule has 0 aliphatic heterocycles. The van der Waals surface area contributed by atoms with Gasteiger partial charge in [0.15, 0.2) is 5.82 Å². The fourth-order valence-electron chi connectivity index (χ4n) is 4.27. The quantitative estimate of drug-likeness (QED) is 0.180. The largest absolute Gasteiger partial charge is 0.419 e. The minimum absolute atomic E-state index is 0.00729. The van der Waals surface area contributed by atoms with Gasteiger partial charge >= 0.3 is 6.18 Å². The second-order valence-corrected chi connectivity index (χ2v) is 12.8. The minimum atomic E-state index is -4.99. The number of amides is 3. The van der Waals surface area contributed by atoms with E-state index in [4.69, 9.17) is 34.8 Å². The zero-order valence-electron chi connectivity index (χ0n) is 22.9. The van der Waals surface area contributed by atoms with Crippen LogP contribution in [-0.4, -0.2) is 22.1 Å². The van der Waals surface area contributed by atoms with Gasteiger partial charge in [0.2, 0.25) is 11.8 Å². The van der Waals surface area contributed by atoms with E-state index in [2.05, 4.69) is 16.0 Å². The van der Waals surface area contributed by atoms with Crippen LogP contribution in [0.1, 0.15) is 48.2 Å². The molecule has 0 spiro atoms. The lowest BCUT2D eigenvalue weighted by molar-refractivity contribution is -0.140. The molecule has 1 fully saturated rings. The Labute approximate surface area is 262 Å². The second kappa shape index (κ2) is 11.8. The first kappa shape index (κ1) is 33.4. The fraction of sp³-hybridized carbons (Fsp3) is 0.276. The van der Waals surface area contributed by atoms with Gasteiger partial charge in [-0.1, -0.05) is 38.4 Å². The summed E-state index contributed by atoms with van der Waals surface area (Å²) in [5.41, 5.74) is -4.15. The Morgan fingerprint density at radius 2 is 1.48 bits per heavy atom. The molecule has 3 N–H and O–H groups in total. The number of rotatable bonds is 6. The van der Waals surface area contributed by atoms with E-state index in [1.54, 1.807) is 0 Å². The van der Waals surface area contributed by atoms with Crippen LogP contribution in [0.15, 0.2) is 48.5 Å². The summed E-state index contributed by atoms with van der Waals surface area (Å²) in [6.07, 6.45) is -4.99. The molecule has 234 valence electrons. The normalized spacial score (nSPS) is 17.5. The average molecular weight is 681 g/mol. The second-order valence-electron chi connectivity index (χ2n) is 11.0. The summed E-state index contributed by atoms with van der Waals surface area (Å²) >= 11 is 18.6. The first-order valence-electron chi connectivity index (χ1n) is 12.7. The van der Waals surface area contributed by atoms with Crippen molar-refractivity contribution in [3.05, 3.63) is 87.7 Å². The number of nitrogens with one attached hydrogen (secondary N) is 3. The van der Waals surface area contributed by atoms with E-state index < -0.39 is 79.9 Å². The van der Waals surface area contributed by atoms with Crippen LogP contribution < -0.4 is 16.0 Å². The Morgan fingerprint density at radius 3 is 2.09 bits per heavy atom. The van der Waals surface area contributed by atoms with Crippen LogP contribution in [0.5, 0.6) is 0 Å². The van der Waals surface area contributed by atoms with Gasteiger partial charge in [0.25, 0.3) is 5.91 Å². The predicted octanol–water partition coefficient (Wildman–Crippen LogP) is 8.54. The van der Waals surface area contributed by atoms with Crippen molar-refractivity contribution in [2.75, 3.05) is 16.0 Å². The molecule has 3 aromatic rings. The number of hydrogen-bond acceptors (Lipinski definition) is 3. The van der Waals surface area contributed by atoms with Crippen LogP contribution in [0.2, 0.25) is 5.02 Å². The average Bonchev–Trinajstić information content (AvgIpc) is 3.49. The summed E-state index contributed by atoms with van der Waals surface area (Å²) in [7, 11) is 0. The van der Waals surface area contributed by atoms with E-state index in [0.29, 0.717) is 12.1 Å². The highest BCUT2D eigenvalue weighted by atomic mass is 35.5. The van der Waals surface area contributed by atoms with E-state index in [1.807, 2.05) is 0 Å². The molecule has 2 atom stereocenters. The minimum Gasteiger partial charge on any atom is -0.326 e. The lowest BCUT2D eigenvalue weighted by Crippen LogP contribution is -2.28. The van der Waals surface area contributed by atoms with Gasteiger partial charge in [-0.15, -0.1) is 23.2 Å². The topological polar surface area (TPSA) is 87.3 Å². The number of hydrogen-bond donors (Lipinski definition) is 3. The van der Waals surface area contributed by atoms with Crippen molar-refractivity contribution >= 4 is 69.6 Å². The summed E-state index contributed by atoms with van der Waals surface area (Å²) in [5.74, 6) is -8.68. The van der Waals surface area contributed by atoms with Gasteiger partial charge in [-0.05, 0) is 48.0 Å². The van der Waals surface area contributed by atoms with Crippen LogP contribution in [0, 0.1) is 28.8 Å². The van der Waals surface area contributed by atoms with Gasteiger partial charge in [0.1, 0.15) is 21.7 Å².